The van der Waals surface area contributed by atoms with Crippen molar-refractivity contribution in [3.8, 4) is 0 Å². The first kappa shape index (κ1) is 19.5. The van der Waals surface area contributed by atoms with Crippen LogP contribution >= 0.6 is 24.0 Å². The molecule has 0 atom stereocenters. The Morgan fingerprint density at radius 3 is 2.36 bits per heavy atom. The van der Waals surface area contributed by atoms with Crippen LogP contribution in [0.1, 0.15) is 32.6 Å². The molecule has 1 heterocycles. The van der Waals surface area contributed by atoms with Crippen LogP contribution in [0, 0.1) is 0 Å². The van der Waals surface area contributed by atoms with Gasteiger partial charge in [0.25, 0.3) is 0 Å². The Balaban J connectivity index is 0.00000242. The molecule has 1 aliphatic heterocycles. The molecule has 128 valence electrons. The topological polar surface area (TPSA) is 60.0 Å². The second-order valence-electron chi connectivity index (χ2n) is 6.17. The summed E-state index contributed by atoms with van der Waals surface area (Å²) in [4.78, 5) is 20.2. The molecule has 2 aliphatic rings. The van der Waals surface area contributed by atoms with Crippen LogP contribution in [0.5, 0.6) is 0 Å². The lowest BCUT2D eigenvalue weighted by atomic mass is 10.1. The number of carbonyl (C=O) groups excluding carboxylic acids is 1. The van der Waals surface area contributed by atoms with E-state index < -0.39 is 0 Å². The Morgan fingerprint density at radius 2 is 1.86 bits per heavy atom. The fraction of sp³-hybridized carbons (Fsp3) is 0.867. The third-order valence-electron chi connectivity index (χ3n) is 4.15. The van der Waals surface area contributed by atoms with E-state index >= 15 is 0 Å². The molecule has 6 nitrogen and oxygen atoms in total. The first-order valence-electron chi connectivity index (χ1n) is 8.09. The highest BCUT2D eigenvalue weighted by Crippen LogP contribution is 2.29. The molecule has 2 rings (SSSR count). The normalized spacial score (nSPS) is 20.2. The van der Waals surface area contributed by atoms with Gasteiger partial charge in [0.2, 0.25) is 5.91 Å². The second kappa shape index (κ2) is 9.54. The van der Waals surface area contributed by atoms with Gasteiger partial charge in [-0.1, -0.05) is 0 Å². The first-order chi connectivity index (χ1) is 10.1. The third kappa shape index (κ3) is 6.28. The van der Waals surface area contributed by atoms with E-state index in [0.717, 1.165) is 31.4 Å². The van der Waals surface area contributed by atoms with E-state index in [0.29, 0.717) is 6.04 Å². The van der Waals surface area contributed by atoms with Gasteiger partial charge in [-0.2, -0.15) is 0 Å². The molecule has 2 fully saturated rings. The molecule has 0 aromatic rings. The SMILES string of the molecule is CCNC(=NCC(=O)N(C)C)NC1CCN(C2CC2)CC1.I. The van der Waals surface area contributed by atoms with Crippen molar-refractivity contribution in [3.63, 3.8) is 0 Å². The van der Waals surface area contributed by atoms with E-state index in [1.54, 1.807) is 19.0 Å². The minimum Gasteiger partial charge on any atom is -0.357 e. The quantitative estimate of drug-likeness (QED) is 0.392. The Labute approximate surface area is 151 Å². The van der Waals surface area contributed by atoms with Gasteiger partial charge in [-0.3, -0.25) is 4.79 Å². The lowest BCUT2D eigenvalue weighted by Gasteiger charge is -2.33. The molecule has 1 saturated heterocycles. The van der Waals surface area contributed by atoms with Crippen molar-refractivity contribution in [3.05, 3.63) is 0 Å². The molecule has 0 aromatic carbocycles. The van der Waals surface area contributed by atoms with E-state index in [9.17, 15) is 4.79 Å². The summed E-state index contributed by atoms with van der Waals surface area (Å²) in [5.41, 5.74) is 0. The van der Waals surface area contributed by atoms with Crippen molar-refractivity contribution in [1.82, 2.24) is 20.4 Å². The number of amides is 1. The van der Waals surface area contributed by atoms with Crippen molar-refractivity contribution in [2.75, 3.05) is 40.3 Å². The molecule has 2 N–H and O–H groups in total. The molecule has 1 aliphatic carbocycles. The van der Waals surface area contributed by atoms with E-state index in [-0.39, 0.29) is 36.4 Å². The van der Waals surface area contributed by atoms with Gasteiger partial charge in [0.1, 0.15) is 6.54 Å². The number of carbonyl (C=O) groups is 1. The maximum absolute atomic E-state index is 11.6. The Kier molecular flexibility index (Phi) is 8.45. The van der Waals surface area contributed by atoms with Crippen LogP contribution in [0.4, 0.5) is 0 Å². The average molecular weight is 423 g/mol. The fourth-order valence-electron chi connectivity index (χ4n) is 2.65. The number of likely N-dealkylation sites (tertiary alicyclic amines) is 1. The van der Waals surface area contributed by atoms with Gasteiger partial charge in [0, 0.05) is 45.8 Å². The van der Waals surface area contributed by atoms with Crippen LogP contribution in [0.25, 0.3) is 0 Å². The number of hydrogen-bond donors (Lipinski definition) is 2. The lowest BCUT2D eigenvalue weighted by Crippen LogP contribution is -2.49. The van der Waals surface area contributed by atoms with Gasteiger partial charge < -0.3 is 20.4 Å². The summed E-state index contributed by atoms with van der Waals surface area (Å²) in [6.07, 6.45) is 5.08. The van der Waals surface area contributed by atoms with Gasteiger partial charge in [0.05, 0.1) is 0 Å². The molecule has 0 bridgehead atoms. The minimum atomic E-state index is 0. The number of halogens is 1. The molecule has 1 amide bonds. The number of nitrogens with one attached hydrogen (secondary N) is 2. The summed E-state index contributed by atoms with van der Waals surface area (Å²) in [6, 6.07) is 1.33. The highest BCUT2D eigenvalue weighted by Gasteiger charge is 2.31. The monoisotopic (exact) mass is 423 g/mol. The molecule has 0 aromatic heterocycles. The van der Waals surface area contributed by atoms with E-state index in [1.807, 2.05) is 6.92 Å². The first-order valence-corrected chi connectivity index (χ1v) is 8.09. The maximum Gasteiger partial charge on any atom is 0.243 e. The number of aliphatic imine (C=N–C) groups is 1. The van der Waals surface area contributed by atoms with E-state index in [2.05, 4.69) is 20.5 Å². The maximum atomic E-state index is 11.6. The molecule has 1 saturated carbocycles. The van der Waals surface area contributed by atoms with Crippen molar-refractivity contribution >= 4 is 35.8 Å². The van der Waals surface area contributed by atoms with Crippen LogP contribution in [0.2, 0.25) is 0 Å². The van der Waals surface area contributed by atoms with Gasteiger partial charge in [-0.05, 0) is 32.6 Å². The molecule has 0 spiro atoms. The van der Waals surface area contributed by atoms with Crippen molar-refractivity contribution < 1.29 is 4.79 Å². The lowest BCUT2D eigenvalue weighted by molar-refractivity contribution is -0.127. The van der Waals surface area contributed by atoms with Crippen molar-refractivity contribution in [2.24, 2.45) is 4.99 Å². The van der Waals surface area contributed by atoms with Crippen LogP contribution < -0.4 is 10.6 Å². The Bertz CT molecular complexity index is 376. The highest BCUT2D eigenvalue weighted by molar-refractivity contribution is 14.0. The van der Waals surface area contributed by atoms with Gasteiger partial charge in [-0.25, -0.2) is 4.99 Å². The predicted octanol–water partition coefficient (Wildman–Crippen LogP) is 0.875. The number of nitrogens with zero attached hydrogens (tertiary/aromatic N) is 3. The highest BCUT2D eigenvalue weighted by atomic mass is 127. The van der Waals surface area contributed by atoms with Crippen molar-refractivity contribution in [2.45, 2.75) is 44.7 Å². The van der Waals surface area contributed by atoms with Gasteiger partial charge >= 0.3 is 0 Å². The van der Waals surface area contributed by atoms with E-state index in [4.69, 9.17) is 0 Å². The van der Waals surface area contributed by atoms with Crippen LogP contribution in [-0.2, 0) is 4.79 Å². The smallest absolute Gasteiger partial charge is 0.243 e. The predicted molar refractivity (Wildman–Crippen MR) is 101 cm³/mol. The number of rotatable bonds is 5. The largest absolute Gasteiger partial charge is 0.357 e. The van der Waals surface area contributed by atoms with E-state index in [1.165, 1.54) is 25.9 Å². The number of guanidine groups is 1. The standard InChI is InChI=1S/C15H29N5O.HI/c1-4-16-15(17-11-14(21)19(2)3)18-12-7-9-20(10-8-12)13-5-6-13;/h12-13H,4-11H2,1-3H3,(H2,16,17,18);1H. The molecular formula is C15H30IN5O. The summed E-state index contributed by atoms with van der Waals surface area (Å²) >= 11 is 0. The van der Waals surface area contributed by atoms with Crippen LogP contribution in [0.3, 0.4) is 0 Å². The third-order valence-corrected chi connectivity index (χ3v) is 4.15. The number of likely N-dealkylation sites (N-methyl/N-ethyl adjacent to an activating group) is 1. The average Bonchev–Trinajstić information content (AvgIpc) is 3.30. The molecule has 0 unspecified atom stereocenters. The molecule has 22 heavy (non-hydrogen) atoms. The summed E-state index contributed by atoms with van der Waals surface area (Å²) < 4.78 is 0. The molecular weight excluding hydrogens is 393 g/mol. The molecule has 7 heteroatoms. The number of piperidine rings is 1. The molecule has 0 radical (unpaired) electrons. The summed E-state index contributed by atoms with van der Waals surface area (Å²) in [5.74, 6) is 0.785. The zero-order chi connectivity index (χ0) is 15.2. The van der Waals surface area contributed by atoms with Crippen LogP contribution in [0.15, 0.2) is 4.99 Å². The van der Waals surface area contributed by atoms with Crippen LogP contribution in [-0.4, -0.2) is 74.0 Å². The Hall–Kier alpha value is -0.570. The zero-order valence-electron chi connectivity index (χ0n) is 14.0. The Morgan fingerprint density at radius 1 is 1.23 bits per heavy atom. The fourth-order valence-corrected chi connectivity index (χ4v) is 2.65. The summed E-state index contributed by atoms with van der Waals surface area (Å²) in [6.45, 7) is 5.41. The van der Waals surface area contributed by atoms with Crippen molar-refractivity contribution in [1.29, 1.82) is 0 Å². The van der Waals surface area contributed by atoms with Gasteiger partial charge in [0.15, 0.2) is 5.96 Å². The zero-order valence-corrected chi connectivity index (χ0v) is 16.3. The van der Waals surface area contributed by atoms with Gasteiger partial charge in [-0.15, -0.1) is 24.0 Å². The second-order valence-corrected chi connectivity index (χ2v) is 6.17. The minimum absolute atomic E-state index is 0. The number of hydrogen-bond acceptors (Lipinski definition) is 3. The summed E-state index contributed by atoms with van der Waals surface area (Å²) in [5, 5.41) is 6.70. The summed E-state index contributed by atoms with van der Waals surface area (Å²) in [7, 11) is 3.51.